The number of nitrogens with one attached hydrogen (secondary N) is 1. The van der Waals surface area contributed by atoms with Crippen molar-refractivity contribution in [2.75, 3.05) is 11.9 Å². The first-order valence-electron chi connectivity index (χ1n) is 5.06. The number of aliphatic hydroxyl groups is 1. The standard InChI is InChI=1S/C11H18N2O/c1-3-11(4-2,9-14)13-10-7-5-6-8-12-10/h5-8,14H,3-4,9H2,1-2H3,(H,12,13). The van der Waals surface area contributed by atoms with Crippen LogP contribution in [0.2, 0.25) is 0 Å². The minimum atomic E-state index is -0.228. The van der Waals surface area contributed by atoms with E-state index >= 15 is 0 Å². The molecule has 1 heterocycles. The van der Waals surface area contributed by atoms with E-state index in [1.54, 1.807) is 6.20 Å². The van der Waals surface area contributed by atoms with E-state index in [1.165, 1.54) is 0 Å². The molecule has 0 aromatic carbocycles. The van der Waals surface area contributed by atoms with E-state index in [1.807, 2.05) is 18.2 Å². The lowest BCUT2D eigenvalue weighted by atomic mass is 9.94. The number of anilines is 1. The molecule has 78 valence electrons. The average molecular weight is 194 g/mol. The van der Waals surface area contributed by atoms with Gasteiger partial charge in [-0.2, -0.15) is 0 Å². The highest BCUT2D eigenvalue weighted by atomic mass is 16.3. The van der Waals surface area contributed by atoms with Crippen molar-refractivity contribution in [2.24, 2.45) is 0 Å². The van der Waals surface area contributed by atoms with Gasteiger partial charge in [-0.25, -0.2) is 4.98 Å². The minimum Gasteiger partial charge on any atom is -0.394 e. The van der Waals surface area contributed by atoms with Gasteiger partial charge >= 0.3 is 0 Å². The molecular formula is C11H18N2O. The summed E-state index contributed by atoms with van der Waals surface area (Å²) in [5.74, 6) is 0.824. The number of hydrogen-bond acceptors (Lipinski definition) is 3. The normalized spacial score (nSPS) is 11.4. The highest BCUT2D eigenvalue weighted by molar-refractivity contribution is 5.36. The molecule has 0 unspecified atom stereocenters. The van der Waals surface area contributed by atoms with Crippen LogP contribution in [0, 0.1) is 0 Å². The van der Waals surface area contributed by atoms with Gasteiger partial charge in [0.05, 0.1) is 12.1 Å². The maximum absolute atomic E-state index is 9.35. The molecular weight excluding hydrogens is 176 g/mol. The molecule has 3 nitrogen and oxygen atoms in total. The number of aliphatic hydroxyl groups excluding tert-OH is 1. The molecule has 1 rings (SSSR count). The van der Waals surface area contributed by atoms with Gasteiger partial charge < -0.3 is 10.4 Å². The first kappa shape index (κ1) is 11.0. The summed E-state index contributed by atoms with van der Waals surface area (Å²) in [6.07, 6.45) is 3.52. The van der Waals surface area contributed by atoms with Crippen molar-refractivity contribution >= 4 is 5.82 Å². The number of pyridine rings is 1. The van der Waals surface area contributed by atoms with Gasteiger partial charge in [-0.3, -0.25) is 0 Å². The van der Waals surface area contributed by atoms with Crippen molar-refractivity contribution in [1.82, 2.24) is 4.98 Å². The molecule has 0 amide bonds. The van der Waals surface area contributed by atoms with Crippen LogP contribution in [0.4, 0.5) is 5.82 Å². The number of hydrogen-bond donors (Lipinski definition) is 2. The Bertz CT molecular complexity index is 249. The molecule has 0 aliphatic rings. The average Bonchev–Trinajstić information content (AvgIpc) is 2.28. The van der Waals surface area contributed by atoms with E-state index in [4.69, 9.17) is 0 Å². The largest absolute Gasteiger partial charge is 0.394 e. The van der Waals surface area contributed by atoms with Gasteiger partial charge in [-0.15, -0.1) is 0 Å². The van der Waals surface area contributed by atoms with E-state index in [-0.39, 0.29) is 12.1 Å². The smallest absolute Gasteiger partial charge is 0.126 e. The maximum atomic E-state index is 9.35. The molecule has 0 radical (unpaired) electrons. The molecule has 14 heavy (non-hydrogen) atoms. The summed E-state index contributed by atoms with van der Waals surface area (Å²) in [5.41, 5.74) is -0.228. The second-order valence-electron chi connectivity index (χ2n) is 3.49. The summed E-state index contributed by atoms with van der Waals surface area (Å²) in [6.45, 7) is 4.27. The molecule has 0 bridgehead atoms. The third-order valence-corrected chi connectivity index (χ3v) is 2.71. The third-order valence-electron chi connectivity index (χ3n) is 2.71. The van der Waals surface area contributed by atoms with E-state index in [2.05, 4.69) is 24.1 Å². The highest BCUT2D eigenvalue weighted by Crippen LogP contribution is 2.19. The Kier molecular flexibility index (Phi) is 3.89. The minimum absolute atomic E-state index is 0.135. The van der Waals surface area contributed by atoms with Crippen molar-refractivity contribution in [1.29, 1.82) is 0 Å². The van der Waals surface area contributed by atoms with Gasteiger partial charge in [0.15, 0.2) is 0 Å². The summed E-state index contributed by atoms with van der Waals surface area (Å²) < 4.78 is 0. The zero-order chi connectivity index (χ0) is 10.4. The first-order valence-corrected chi connectivity index (χ1v) is 5.06. The van der Waals surface area contributed by atoms with Crippen molar-refractivity contribution in [3.8, 4) is 0 Å². The van der Waals surface area contributed by atoms with Gasteiger partial charge in [-0.05, 0) is 25.0 Å². The summed E-state index contributed by atoms with van der Waals surface area (Å²) in [5, 5.41) is 12.6. The second kappa shape index (κ2) is 4.96. The fourth-order valence-electron chi connectivity index (χ4n) is 1.40. The molecule has 0 saturated heterocycles. The van der Waals surface area contributed by atoms with E-state index in [0.29, 0.717) is 0 Å². The van der Waals surface area contributed by atoms with Crippen LogP contribution in [0.25, 0.3) is 0 Å². The molecule has 0 aliphatic carbocycles. The van der Waals surface area contributed by atoms with Crippen molar-refractivity contribution < 1.29 is 5.11 Å². The summed E-state index contributed by atoms with van der Waals surface area (Å²) >= 11 is 0. The highest BCUT2D eigenvalue weighted by Gasteiger charge is 2.24. The number of aromatic nitrogens is 1. The molecule has 3 heteroatoms. The number of rotatable bonds is 5. The molecule has 0 aliphatic heterocycles. The van der Waals surface area contributed by atoms with Gasteiger partial charge in [0.1, 0.15) is 5.82 Å². The Morgan fingerprint density at radius 1 is 1.36 bits per heavy atom. The molecule has 1 aromatic heterocycles. The summed E-state index contributed by atoms with van der Waals surface area (Å²) in [4.78, 5) is 4.19. The Morgan fingerprint density at radius 2 is 2.07 bits per heavy atom. The van der Waals surface area contributed by atoms with Crippen LogP contribution in [-0.2, 0) is 0 Å². The molecule has 0 atom stereocenters. The maximum Gasteiger partial charge on any atom is 0.126 e. The fourth-order valence-corrected chi connectivity index (χ4v) is 1.40. The van der Waals surface area contributed by atoms with Gasteiger partial charge in [-0.1, -0.05) is 19.9 Å². The number of nitrogens with zero attached hydrogens (tertiary/aromatic N) is 1. The third kappa shape index (κ3) is 2.45. The Balaban J connectivity index is 2.74. The SMILES string of the molecule is CCC(CC)(CO)Nc1ccccn1. The lowest BCUT2D eigenvalue weighted by Crippen LogP contribution is -2.41. The topological polar surface area (TPSA) is 45.1 Å². The van der Waals surface area contributed by atoms with E-state index in [9.17, 15) is 5.11 Å². The van der Waals surface area contributed by atoms with Crippen LogP contribution in [0.3, 0.4) is 0 Å². The lowest BCUT2D eigenvalue weighted by molar-refractivity contribution is 0.202. The van der Waals surface area contributed by atoms with Gasteiger partial charge in [0, 0.05) is 6.20 Å². The van der Waals surface area contributed by atoms with Crippen molar-refractivity contribution in [3.63, 3.8) is 0 Å². The molecule has 0 fully saturated rings. The van der Waals surface area contributed by atoms with Gasteiger partial charge in [0.25, 0.3) is 0 Å². The van der Waals surface area contributed by atoms with Crippen LogP contribution >= 0.6 is 0 Å². The van der Waals surface area contributed by atoms with Crippen molar-refractivity contribution in [3.05, 3.63) is 24.4 Å². The summed E-state index contributed by atoms with van der Waals surface area (Å²) in [6, 6.07) is 5.72. The zero-order valence-corrected chi connectivity index (χ0v) is 8.83. The second-order valence-corrected chi connectivity index (χ2v) is 3.49. The molecule has 2 N–H and O–H groups in total. The quantitative estimate of drug-likeness (QED) is 0.754. The fraction of sp³-hybridized carbons (Fsp3) is 0.545. The van der Waals surface area contributed by atoms with Crippen LogP contribution in [0.15, 0.2) is 24.4 Å². The Morgan fingerprint density at radius 3 is 2.50 bits per heavy atom. The molecule has 1 aromatic rings. The van der Waals surface area contributed by atoms with Crippen LogP contribution in [0.5, 0.6) is 0 Å². The molecule has 0 spiro atoms. The molecule has 0 saturated carbocycles. The monoisotopic (exact) mass is 194 g/mol. The Hall–Kier alpha value is -1.09. The predicted octanol–water partition coefficient (Wildman–Crippen LogP) is 2.04. The van der Waals surface area contributed by atoms with Crippen LogP contribution in [-0.4, -0.2) is 22.2 Å². The van der Waals surface area contributed by atoms with E-state index < -0.39 is 0 Å². The van der Waals surface area contributed by atoms with Gasteiger partial charge in [0.2, 0.25) is 0 Å². The first-order chi connectivity index (χ1) is 6.76. The Labute approximate surface area is 85.2 Å². The zero-order valence-electron chi connectivity index (χ0n) is 8.83. The van der Waals surface area contributed by atoms with E-state index in [0.717, 1.165) is 18.7 Å². The summed E-state index contributed by atoms with van der Waals surface area (Å²) in [7, 11) is 0. The lowest BCUT2D eigenvalue weighted by Gasteiger charge is -2.31. The van der Waals surface area contributed by atoms with Crippen LogP contribution < -0.4 is 5.32 Å². The van der Waals surface area contributed by atoms with Crippen LogP contribution in [0.1, 0.15) is 26.7 Å². The van der Waals surface area contributed by atoms with Crippen molar-refractivity contribution in [2.45, 2.75) is 32.2 Å². The predicted molar refractivity (Wildman–Crippen MR) is 58.3 cm³/mol.